The standard InChI is InChI=1S/C14H19N3O4/c1-9-3-2-6-16(13(9)8-18)14(19)11-7-10(17(20)21)4-5-12(11)15/h4-5,7,9,13,18H,2-3,6,8,15H2,1H3/t9-,13+/m1/s1. The molecule has 21 heavy (non-hydrogen) atoms. The topological polar surface area (TPSA) is 110 Å². The lowest BCUT2D eigenvalue weighted by molar-refractivity contribution is -0.384. The molecule has 114 valence electrons. The van der Waals surface area contributed by atoms with Crippen molar-refractivity contribution in [1.29, 1.82) is 0 Å². The Morgan fingerprint density at radius 3 is 2.90 bits per heavy atom. The molecule has 1 aliphatic heterocycles. The molecule has 0 saturated carbocycles. The summed E-state index contributed by atoms with van der Waals surface area (Å²) in [6.07, 6.45) is 1.79. The van der Waals surface area contributed by atoms with Crippen LogP contribution in [-0.2, 0) is 0 Å². The maximum Gasteiger partial charge on any atom is 0.270 e. The Labute approximate surface area is 122 Å². The number of amides is 1. The number of aliphatic hydroxyl groups is 1. The molecule has 2 atom stereocenters. The van der Waals surface area contributed by atoms with Crippen LogP contribution >= 0.6 is 0 Å². The lowest BCUT2D eigenvalue weighted by atomic mass is 9.90. The fourth-order valence-electron chi connectivity index (χ4n) is 2.78. The summed E-state index contributed by atoms with van der Waals surface area (Å²) in [5.74, 6) is -0.172. The van der Waals surface area contributed by atoms with Gasteiger partial charge in [-0.2, -0.15) is 0 Å². The van der Waals surface area contributed by atoms with Crippen molar-refractivity contribution in [2.24, 2.45) is 5.92 Å². The van der Waals surface area contributed by atoms with Crippen LogP contribution in [-0.4, -0.2) is 40.0 Å². The van der Waals surface area contributed by atoms with Crippen molar-refractivity contribution >= 4 is 17.3 Å². The van der Waals surface area contributed by atoms with Gasteiger partial charge >= 0.3 is 0 Å². The molecule has 0 spiro atoms. The van der Waals surface area contributed by atoms with Crippen LogP contribution in [0.1, 0.15) is 30.1 Å². The van der Waals surface area contributed by atoms with Gasteiger partial charge in [-0.05, 0) is 24.8 Å². The van der Waals surface area contributed by atoms with E-state index in [4.69, 9.17) is 5.73 Å². The Kier molecular flexibility index (Phi) is 4.42. The lowest BCUT2D eigenvalue weighted by Crippen LogP contribution is -2.49. The van der Waals surface area contributed by atoms with Crippen LogP contribution in [0.15, 0.2) is 18.2 Å². The first-order chi connectivity index (χ1) is 9.95. The van der Waals surface area contributed by atoms with Crippen LogP contribution in [0.5, 0.6) is 0 Å². The maximum absolute atomic E-state index is 12.6. The van der Waals surface area contributed by atoms with Gasteiger partial charge in [-0.3, -0.25) is 14.9 Å². The van der Waals surface area contributed by atoms with Crippen LogP contribution in [0.3, 0.4) is 0 Å². The predicted octanol–water partition coefficient (Wildman–Crippen LogP) is 1.41. The highest BCUT2D eigenvalue weighted by Crippen LogP contribution is 2.27. The van der Waals surface area contributed by atoms with Crippen molar-refractivity contribution in [3.8, 4) is 0 Å². The molecular formula is C14H19N3O4. The number of carbonyl (C=O) groups is 1. The van der Waals surface area contributed by atoms with Gasteiger partial charge in [0.1, 0.15) is 0 Å². The van der Waals surface area contributed by atoms with E-state index in [1.54, 1.807) is 4.90 Å². The second-order valence-corrected chi connectivity index (χ2v) is 5.40. The molecule has 0 aromatic heterocycles. The first-order valence-corrected chi connectivity index (χ1v) is 6.91. The summed E-state index contributed by atoms with van der Waals surface area (Å²) in [5.41, 5.74) is 5.95. The first-order valence-electron chi connectivity index (χ1n) is 6.91. The van der Waals surface area contributed by atoms with E-state index in [1.807, 2.05) is 6.92 Å². The highest BCUT2D eigenvalue weighted by atomic mass is 16.6. The van der Waals surface area contributed by atoms with Gasteiger partial charge in [0.15, 0.2) is 0 Å². The average molecular weight is 293 g/mol. The van der Waals surface area contributed by atoms with E-state index in [1.165, 1.54) is 18.2 Å². The number of nitrogens with zero attached hydrogens (tertiary/aromatic N) is 2. The number of nitrogens with two attached hydrogens (primary N) is 1. The Hall–Kier alpha value is -2.15. The molecule has 7 nitrogen and oxygen atoms in total. The number of hydrogen-bond donors (Lipinski definition) is 2. The molecule has 3 N–H and O–H groups in total. The molecule has 0 bridgehead atoms. The number of nitro groups is 1. The highest BCUT2D eigenvalue weighted by Gasteiger charge is 2.33. The summed E-state index contributed by atoms with van der Waals surface area (Å²) < 4.78 is 0. The number of hydrogen-bond acceptors (Lipinski definition) is 5. The SMILES string of the molecule is C[C@@H]1CCCN(C(=O)c2cc([N+](=O)[O-])ccc2N)[C@H]1CO. The van der Waals surface area contributed by atoms with Crippen LogP contribution in [0.4, 0.5) is 11.4 Å². The molecule has 1 aromatic rings. The number of rotatable bonds is 3. The van der Waals surface area contributed by atoms with Crippen LogP contribution < -0.4 is 5.73 Å². The third kappa shape index (κ3) is 2.97. The summed E-state index contributed by atoms with van der Waals surface area (Å²) in [6.45, 7) is 2.38. The molecule has 1 aromatic carbocycles. The van der Waals surface area contributed by atoms with Gasteiger partial charge in [-0.25, -0.2) is 0 Å². The minimum absolute atomic E-state index is 0.122. The van der Waals surface area contributed by atoms with E-state index in [0.717, 1.165) is 12.8 Å². The second-order valence-electron chi connectivity index (χ2n) is 5.40. The highest BCUT2D eigenvalue weighted by molar-refractivity contribution is 6.00. The van der Waals surface area contributed by atoms with Crippen molar-refractivity contribution in [2.75, 3.05) is 18.9 Å². The van der Waals surface area contributed by atoms with Crippen LogP contribution in [0.25, 0.3) is 0 Å². The molecule has 1 amide bonds. The molecule has 2 rings (SSSR count). The minimum atomic E-state index is -0.557. The maximum atomic E-state index is 12.6. The zero-order valence-electron chi connectivity index (χ0n) is 11.9. The third-order valence-electron chi connectivity index (χ3n) is 4.04. The third-order valence-corrected chi connectivity index (χ3v) is 4.04. The molecule has 0 unspecified atom stereocenters. The molecule has 1 saturated heterocycles. The summed E-state index contributed by atoms with van der Waals surface area (Å²) in [4.78, 5) is 24.5. The van der Waals surface area contributed by atoms with Crippen molar-refractivity contribution in [1.82, 2.24) is 4.90 Å². The molecule has 7 heteroatoms. The largest absolute Gasteiger partial charge is 0.398 e. The van der Waals surface area contributed by atoms with Gasteiger partial charge in [0.25, 0.3) is 11.6 Å². The molecule has 1 heterocycles. The quantitative estimate of drug-likeness (QED) is 0.497. The zero-order chi connectivity index (χ0) is 15.6. The monoisotopic (exact) mass is 293 g/mol. The smallest absolute Gasteiger partial charge is 0.270 e. The fourth-order valence-corrected chi connectivity index (χ4v) is 2.78. The van der Waals surface area contributed by atoms with Crippen molar-refractivity contribution in [2.45, 2.75) is 25.8 Å². The Balaban J connectivity index is 2.34. The van der Waals surface area contributed by atoms with E-state index in [9.17, 15) is 20.0 Å². The van der Waals surface area contributed by atoms with Gasteiger partial charge in [-0.15, -0.1) is 0 Å². The number of likely N-dealkylation sites (tertiary alicyclic amines) is 1. The van der Waals surface area contributed by atoms with E-state index in [-0.39, 0.29) is 41.4 Å². The number of benzene rings is 1. The van der Waals surface area contributed by atoms with Crippen LogP contribution in [0, 0.1) is 16.0 Å². The average Bonchev–Trinajstić information content (AvgIpc) is 2.46. The normalized spacial score (nSPS) is 22.1. The van der Waals surface area contributed by atoms with Gasteiger partial charge in [-0.1, -0.05) is 6.92 Å². The molecule has 1 aliphatic rings. The number of piperidine rings is 1. The molecule has 0 aliphatic carbocycles. The van der Waals surface area contributed by atoms with E-state index < -0.39 is 4.92 Å². The van der Waals surface area contributed by atoms with Crippen molar-refractivity contribution < 1.29 is 14.8 Å². The van der Waals surface area contributed by atoms with Gasteiger partial charge in [0.2, 0.25) is 0 Å². The molecule has 1 fully saturated rings. The van der Waals surface area contributed by atoms with Crippen LogP contribution in [0.2, 0.25) is 0 Å². The van der Waals surface area contributed by atoms with Gasteiger partial charge in [0.05, 0.1) is 23.1 Å². The Bertz CT molecular complexity index is 561. The lowest BCUT2D eigenvalue weighted by Gasteiger charge is -2.39. The fraction of sp³-hybridized carbons (Fsp3) is 0.500. The second kappa shape index (κ2) is 6.09. The first kappa shape index (κ1) is 15.2. The number of nitro benzene ring substituents is 1. The molecular weight excluding hydrogens is 274 g/mol. The van der Waals surface area contributed by atoms with Gasteiger partial charge < -0.3 is 15.7 Å². The summed E-state index contributed by atoms with van der Waals surface area (Å²) >= 11 is 0. The van der Waals surface area contributed by atoms with E-state index >= 15 is 0 Å². The predicted molar refractivity (Wildman–Crippen MR) is 77.8 cm³/mol. The number of carbonyl (C=O) groups excluding carboxylic acids is 1. The number of aliphatic hydroxyl groups excluding tert-OH is 1. The van der Waals surface area contributed by atoms with E-state index in [2.05, 4.69) is 0 Å². The Morgan fingerprint density at radius 1 is 1.57 bits per heavy atom. The number of anilines is 1. The van der Waals surface area contributed by atoms with Gasteiger partial charge in [0, 0.05) is 24.4 Å². The summed E-state index contributed by atoms with van der Waals surface area (Å²) in [7, 11) is 0. The Morgan fingerprint density at radius 2 is 2.29 bits per heavy atom. The molecule has 0 radical (unpaired) electrons. The van der Waals surface area contributed by atoms with Crippen molar-refractivity contribution in [3.05, 3.63) is 33.9 Å². The number of non-ortho nitro benzene ring substituents is 1. The summed E-state index contributed by atoms with van der Waals surface area (Å²) in [6, 6.07) is 3.57. The van der Waals surface area contributed by atoms with Crippen molar-refractivity contribution in [3.63, 3.8) is 0 Å². The minimum Gasteiger partial charge on any atom is -0.398 e. The summed E-state index contributed by atoms with van der Waals surface area (Å²) in [5, 5.41) is 20.3. The van der Waals surface area contributed by atoms with E-state index in [0.29, 0.717) is 6.54 Å². The number of nitrogen functional groups attached to an aromatic ring is 1. The zero-order valence-corrected chi connectivity index (χ0v) is 11.9.